The third-order valence-electron chi connectivity index (χ3n) is 6.41. The number of benzene rings is 1. The number of hydrogen-bond donors (Lipinski definition) is 0. The minimum atomic E-state index is -0.655. The van der Waals surface area contributed by atoms with Gasteiger partial charge in [-0.05, 0) is 60.2 Å². The number of piperazine rings is 1. The predicted molar refractivity (Wildman–Crippen MR) is 104 cm³/mol. The third-order valence-corrected chi connectivity index (χ3v) is 6.41. The number of halogens is 1. The van der Waals surface area contributed by atoms with E-state index in [4.69, 9.17) is 9.31 Å². The molecule has 0 amide bonds. The molecular weight excluding hydrogens is 330 g/mol. The van der Waals surface area contributed by atoms with Crippen molar-refractivity contribution >= 4 is 12.6 Å². The highest BCUT2D eigenvalue weighted by atomic mass is 19.1. The molecule has 144 valence electrons. The molecule has 2 fully saturated rings. The van der Waals surface area contributed by atoms with Crippen molar-refractivity contribution in [2.75, 3.05) is 20.1 Å². The van der Waals surface area contributed by atoms with Crippen LogP contribution in [-0.2, 0) is 15.9 Å². The van der Waals surface area contributed by atoms with Gasteiger partial charge in [0.15, 0.2) is 0 Å². The van der Waals surface area contributed by atoms with Crippen molar-refractivity contribution < 1.29 is 13.7 Å². The maximum Gasteiger partial charge on any atom is 0.497 e. The molecule has 2 atom stereocenters. The molecule has 0 radical (unpaired) electrons. The predicted octanol–water partition coefficient (Wildman–Crippen LogP) is 2.65. The first-order valence-electron chi connectivity index (χ1n) is 9.58. The second-order valence-electron chi connectivity index (χ2n) is 9.00. The molecule has 0 spiro atoms. The van der Waals surface area contributed by atoms with Crippen molar-refractivity contribution in [1.82, 2.24) is 9.80 Å². The molecule has 0 N–H and O–H groups in total. The second kappa shape index (κ2) is 6.90. The maximum atomic E-state index is 14.8. The van der Waals surface area contributed by atoms with Gasteiger partial charge in [0.1, 0.15) is 5.82 Å². The third kappa shape index (κ3) is 3.70. The van der Waals surface area contributed by atoms with Gasteiger partial charge in [-0.15, -0.1) is 0 Å². The van der Waals surface area contributed by atoms with E-state index in [9.17, 15) is 4.39 Å². The molecule has 1 aromatic rings. The fraction of sp³-hybridized carbons (Fsp3) is 0.700. The van der Waals surface area contributed by atoms with Crippen molar-refractivity contribution in [2.24, 2.45) is 0 Å². The monoisotopic (exact) mass is 362 g/mol. The van der Waals surface area contributed by atoms with E-state index in [0.717, 1.165) is 25.2 Å². The summed E-state index contributed by atoms with van der Waals surface area (Å²) in [5.41, 5.74) is 0.545. The largest absolute Gasteiger partial charge is 0.497 e. The van der Waals surface area contributed by atoms with Gasteiger partial charge in [-0.25, -0.2) is 4.39 Å². The van der Waals surface area contributed by atoms with Gasteiger partial charge in [0.25, 0.3) is 0 Å². The molecule has 26 heavy (non-hydrogen) atoms. The van der Waals surface area contributed by atoms with Gasteiger partial charge in [-0.1, -0.05) is 12.1 Å². The van der Waals surface area contributed by atoms with Crippen LogP contribution in [0.2, 0.25) is 0 Å². The second-order valence-corrected chi connectivity index (χ2v) is 9.00. The van der Waals surface area contributed by atoms with E-state index >= 15 is 0 Å². The molecule has 0 bridgehead atoms. The topological polar surface area (TPSA) is 24.9 Å². The molecule has 0 aliphatic carbocycles. The summed E-state index contributed by atoms with van der Waals surface area (Å²) in [5, 5.41) is 0. The van der Waals surface area contributed by atoms with E-state index < -0.39 is 18.3 Å². The summed E-state index contributed by atoms with van der Waals surface area (Å²) in [6.45, 7) is 15.2. The SMILES string of the molecule is CC1CN(Cc2ccc(B3OC(C)(C)C(C)(C)O3)c(F)c2)CC(C)N1C. The zero-order chi connectivity index (χ0) is 19.3. The van der Waals surface area contributed by atoms with Crippen molar-refractivity contribution in [1.29, 1.82) is 0 Å². The van der Waals surface area contributed by atoms with Gasteiger partial charge < -0.3 is 9.31 Å². The lowest BCUT2D eigenvalue weighted by atomic mass is 9.78. The summed E-state index contributed by atoms with van der Waals surface area (Å²) in [6.07, 6.45) is 0. The smallest absolute Gasteiger partial charge is 0.399 e. The lowest BCUT2D eigenvalue weighted by molar-refractivity contribution is 0.00578. The standard InChI is InChI=1S/C20H32BFN2O2/c1-14-11-24(12-15(2)23(14)7)13-16-8-9-17(18(22)10-16)21-25-19(3,4)20(5,6)26-21/h8-10,14-15H,11-13H2,1-7H3. The average Bonchev–Trinajstić information content (AvgIpc) is 2.72. The average molecular weight is 362 g/mol. The molecule has 2 aliphatic rings. The number of likely N-dealkylation sites (N-methyl/N-ethyl adjacent to an activating group) is 1. The van der Waals surface area contributed by atoms with Crippen molar-refractivity contribution in [2.45, 2.75) is 71.4 Å². The number of nitrogens with zero attached hydrogens (tertiary/aromatic N) is 2. The molecule has 4 nitrogen and oxygen atoms in total. The van der Waals surface area contributed by atoms with E-state index in [0.29, 0.717) is 17.5 Å². The van der Waals surface area contributed by atoms with Gasteiger partial charge in [0.05, 0.1) is 11.2 Å². The van der Waals surface area contributed by atoms with Crippen molar-refractivity contribution in [3.63, 3.8) is 0 Å². The van der Waals surface area contributed by atoms with Crippen LogP contribution >= 0.6 is 0 Å². The maximum absolute atomic E-state index is 14.8. The first kappa shape index (κ1) is 19.8. The van der Waals surface area contributed by atoms with Crippen LogP contribution in [0.25, 0.3) is 0 Å². The summed E-state index contributed by atoms with van der Waals surface area (Å²) in [4.78, 5) is 4.80. The Bertz CT molecular complexity index is 639. The van der Waals surface area contributed by atoms with Gasteiger partial charge in [-0.3, -0.25) is 9.80 Å². The van der Waals surface area contributed by atoms with Crippen LogP contribution in [-0.4, -0.2) is 60.3 Å². The van der Waals surface area contributed by atoms with Crippen LogP contribution < -0.4 is 5.46 Å². The van der Waals surface area contributed by atoms with E-state index in [2.05, 4.69) is 30.7 Å². The molecular formula is C20H32BFN2O2. The van der Waals surface area contributed by atoms with Gasteiger partial charge in [-0.2, -0.15) is 0 Å². The first-order valence-corrected chi connectivity index (χ1v) is 9.58. The Kier molecular flexibility index (Phi) is 5.25. The lowest BCUT2D eigenvalue weighted by Crippen LogP contribution is -2.54. The van der Waals surface area contributed by atoms with Crippen LogP contribution in [0.15, 0.2) is 18.2 Å². The minimum Gasteiger partial charge on any atom is -0.399 e. The molecule has 1 aromatic carbocycles. The van der Waals surface area contributed by atoms with E-state index in [1.54, 1.807) is 6.07 Å². The molecule has 0 saturated carbocycles. The Labute approximate surface area is 157 Å². The van der Waals surface area contributed by atoms with E-state index in [1.807, 2.05) is 39.8 Å². The Balaban J connectivity index is 1.71. The van der Waals surface area contributed by atoms with Crippen LogP contribution in [0.3, 0.4) is 0 Å². The summed E-state index contributed by atoms with van der Waals surface area (Å²) in [5.74, 6) is -0.253. The normalized spacial score (nSPS) is 29.3. The Hall–Kier alpha value is -0.945. The van der Waals surface area contributed by atoms with Gasteiger partial charge in [0.2, 0.25) is 0 Å². The Morgan fingerprint density at radius 1 is 1.08 bits per heavy atom. The fourth-order valence-electron chi connectivity index (χ4n) is 3.73. The molecule has 2 heterocycles. The molecule has 6 heteroatoms. The van der Waals surface area contributed by atoms with Gasteiger partial charge >= 0.3 is 7.12 Å². The van der Waals surface area contributed by atoms with Crippen molar-refractivity contribution in [3.05, 3.63) is 29.6 Å². The number of hydrogen-bond acceptors (Lipinski definition) is 4. The van der Waals surface area contributed by atoms with E-state index in [1.165, 1.54) is 0 Å². The first-order chi connectivity index (χ1) is 12.0. The van der Waals surface area contributed by atoms with Gasteiger partial charge in [0, 0.05) is 37.2 Å². The molecule has 0 aromatic heterocycles. The molecule has 2 saturated heterocycles. The van der Waals surface area contributed by atoms with E-state index in [-0.39, 0.29) is 5.82 Å². The van der Waals surface area contributed by atoms with Crippen LogP contribution in [0, 0.1) is 5.82 Å². The van der Waals surface area contributed by atoms with Crippen LogP contribution in [0.1, 0.15) is 47.1 Å². The highest BCUT2D eigenvalue weighted by Crippen LogP contribution is 2.36. The molecule has 2 aliphatic heterocycles. The lowest BCUT2D eigenvalue weighted by Gasteiger charge is -2.42. The summed E-state index contributed by atoms with van der Waals surface area (Å²) in [6, 6.07) is 6.46. The fourth-order valence-corrected chi connectivity index (χ4v) is 3.73. The zero-order valence-corrected chi connectivity index (χ0v) is 17.2. The molecule has 3 rings (SSSR count). The van der Waals surface area contributed by atoms with Crippen molar-refractivity contribution in [3.8, 4) is 0 Å². The summed E-state index contributed by atoms with van der Waals surface area (Å²) >= 11 is 0. The zero-order valence-electron chi connectivity index (χ0n) is 17.2. The number of rotatable bonds is 3. The summed E-state index contributed by atoms with van der Waals surface area (Å²) in [7, 11) is 1.52. The highest BCUT2D eigenvalue weighted by molar-refractivity contribution is 6.62. The van der Waals surface area contributed by atoms with Crippen LogP contribution in [0.5, 0.6) is 0 Å². The Morgan fingerprint density at radius 3 is 2.12 bits per heavy atom. The quantitative estimate of drug-likeness (QED) is 0.772. The Morgan fingerprint density at radius 2 is 1.62 bits per heavy atom. The van der Waals surface area contributed by atoms with Crippen LogP contribution in [0.4, 0.5) is 4.39 Å². The molecule has 2 unspecified atom stereocenters. The highest BCUT2D eigenvalue weighted by Gasteiger charge is 2.52. The minimum absolute atomic E-state index is 0.253. The summed E-state index contributed by atoms with van der Waals surface area (Å²) < 4.78 is 26.8.